The van der Waals surface area contributed by atoms with Crippen LogP contribution in [0.15, 0.2) is 4.99 Å². The second-order valence-electron chi connectivity index (χ2n) is 8.93. The minimum Gasteiger partial charge on any atom is -0.393 e. The zero-order valence-corrected chi connectivity index (χ0v) is 17.0. The van der Waals surface area contributed by atoms with E-state index in [4.69, 9.17) is 4.74 Å². The normalized spacial score (nSPS) is 28.2. The van der Waals surface area contributed by atoms with Crippen LogP contribution in [0, 0.1) is 0 Å². The highest BCUT2D eigenvalue weighted by molar-refractivity contribution is 5.80. The second-order valence-corrected chi connectivity index (χ2v) is 8.93. The van der Waals surface area contributed by atoms with E-state index in [0.29, 0.717) is 0 Å². The number of morpholine rings is 1. The SMILES string of the molecule is CN=C(NCC1(N2CCOC(C)(C)C2)CCCCC1)N1CCC(O)CC1. The van der Waals surface area contributed by atoms with Crippen molar-refractivity contribution in [3.8, 4) is 0 Å². The molecule has 26 heavy (non-hydrogen) atoms. The molecule has 0 bridgehead atoms. The van der Waals surface area contributed by atoms with Crippen molar-refractivity contribution >= 4 is 5.96 Å². The average Bonchev–Trinajstić information content (AvgIpc) is 2.63. The third kappa shape index (κ3) is 4.70. The standard InChI is InChI=1S/C20H38N4O2/c1-19(2)16-24(13-14-26-19)20(9-5-4-6-10-20)15-22-18(21-3)23-11-7-17(25)8-12-23/h17,25H,4-16H2,1-3H3,(H,21,22). The lowest BCUT2D eigenvalue weighted by Gasteiger charge is -2.52. The summed E-state index contributed by atoms with van der Waals surface area (Å²) in [5.74, 6) is 0.995. The molecule has 2 N–H and O–H groups in total. The molecule has 3 aliphatic rings. The van der Waals surface area contributed by atoms with Crippen molar-refractivity contribution in [3.63, 3.8) is 0 Å². The van der Waals surface area contributed by atoms with E-state index in [2.05, 4.69) is 34.0 Å². The number of piperidine rings is 1. The number of ether oxygens (including phenoxy) is 1. The Morgan fingerprint density at radius 2 is 1.85 bits per heavy atom. The van der Waals surface area contributed by atoms with Gasteiger partial charge in [-0.05, 0) is 39.5 Å². The third-order valence-corrected chi connectivity index (χ3v) is 6.43. The van der Waals surface area contributed by atoms with E-state index in [-0.39, 0.29) is 17.2 Å². The molecule has 150 valence electrons. The van der Waals surface area contributed by atoms with Crippen LogP contribution >= 0.6 is 0 Å². The van der Waals surface area contributed by atoms with Crippen LogP contribution in [-0.2, 0) is 4.74 Å². The molecular weight excluding hydrogens is 328 g/mol. The Morgan fingerprint density at radius 3 is 2.46 bits per heavy atom. The fourth-order valence-corrected chi connectivity index (χ4v) is 4.89. The van der Waals surface area contributed by atoms with Crippen LogP contribution in [0.2, 0.25) is 0 Å². The molecular formula is C20H38N4O2. The lowest BCUT2D eigenvalue weighted by Crippen LogP contribution is -2.63. The quantitative estimate of drug-likeness (QED) is 0.589. The van der Waals surface area contributed by atoms with Crippen LogP contribution in [-0.4, -0.2) is 84.5 Å². The summed E-state index contributed by atoms with van der Waals surface area (Å²) in [5.41, 5.74) is 0.151. The predicted octanol–water partition coefficient (Wildman–Crippen LogP) is 1.83. The van der Waals surface area contributed by atoms with E-state index >= 15 is 0 Å². The molecule has 0 aromatic heterocycles. The van der Waals surface area contributed by atoms with Gasteiger partial charge in [-0.1, -0.05) is 19.3 Å². The molecule has 2 saturated heterocycles. The molecule has 0 radical (unpaired) electrons. The Labute approximate surface area is 159 Å². The highest BCUT2D eigenvalue weighted by Crippen LogP contribution is 2.36. The molecule has 3 fully saturated rings. The summed E-state index contributed by atoms with van der Waals surface area (Å²) in [7, 11) is 1.87. The molecule has 1 aliphatic carbocycles. The van der Waals surface area contributed by atoms with Crippen molar-refractivity contribution in [2.24, 2.45) is 4.99 Å². The van der Waals surface area contributed by atoms with Gasteiger partial charge in [0.25, 0.3) is 0 Å². The maximum Gasteiger partial charge on any atom is 0.193 e. The van der Waals surface area contributed by atoms with Crippen LogP contribution in [0.4, 0.5) is 0 Å². The molecule has 0 atom stereocenters. The van der Waals surface area contributed by atoms with Crippen LogP contribution < -0.4 is 5.32 Å². The molecule has 2 heterocycles. The van der Waals surface area contributed by atoms with Gasteiger partial charge >= 0.3 is 0 Å². The van der Waals surface area contributed by atoms with E-state index in [1.54, 1.807) is 0 Å². The maximum atomic E-state index is 9.77. The molecule has 3 rings (SSSR count). The predicted molar refractivity (Wildman–Crippen MR) is 106 cm³/mol. The third-order valence-electron chi connectivity index (χ3n) is 6.43. The lowest BCUT2D eigenvalue weighted by molar-refractivity contribution is -0.122. The van der Waals surface area contributed by atoms with Crippen molar-refractivity contribution < 1.29 is 9.84 Å². The average molecular weight is 367 g/mol. The van der Waals surface area contributed by atoms with Crippen LogP contribution in [0.1, 0.15) is 58.8 Å². The van der Waals surface area contributed by atoms with Gasteiger partial charge in [0.15, 0.2) is 5.96 Å². The summed E-state index contributed by atoms with van der Waals surface area (Å²) in [6, 6.07) is 0. The van der Waals surface area contributed by atoms with Crippen LogP contribution in [0.3, 0.4) is 0 Å². The number of rotatable bonds is 3. The number of aliphatic imine (C=N–C) groups is 1. The summed E-state index contributed by atoms with van der Waals surface area (Å²) in [6.45, 7) is 10.0. The van der Waals surface area contributed by atoms with Gasteiger partial charge in [0.2, 0.25) is 0 Å². The minimum absolute atomic E-state index is 0.0621. The first-order chi connectivity index (χ1) is 12.4. The van der Waals surface area contributed by atoms with E-state index in [0.717, 1.165) is 58.1 Å². The Balaban J connectivity index is 1.66. The van der Waals surface area contributed by atoms with Crippen molar-refractivity contribution in [1.29, 1.82) is 0 Å². The molecule has 6 nitrogen and oxygen atoms in total. The number of nitrogens with one attached hydrogen (secondary N) is 1. The van der Waals surface area contributed by atoms with Crippen LogP contribution in [0.5, 0.6) is 0 Å². The van der Waals surface area contributed by atoms with Gasteiger partial charge in [-0.25, -0.2) is 0 Å². The number of aliphatic hydroxyl groups is 1. The fraction of sp³-hybridized carbons (Fsp3) is 0.950. The van der Waals surface area contributed by atoms with E-state index < -0.39 is 0 Å². The molecule has 0 aromatic rings. The molecule has 0 spiro atoms. The number of guanidine groups is 1. The van der Waals surface area contributed by atoms with Crippen molar-refractivity contribution in [2.75, 3.05) is 46.4 Å². The number of hydrogen-bond acceptors (Lipinski definition) is 4. The first kappa shape index (κ1) is 19.9. The Morgan fingerprint density at radius 1 is 1.15 bits per heavy atom. The first-order valence-electron chi connectivity index (χ1n) is 10.5. The van der Waals surface area contributed by atoms with Gasteiger partial charge < -0.3 is 20.1 Å². The molecule has 0 aromatic carbocycles. The van der Waals surface area contributed by atoms with Gasteiger partial charge in [-0.2, -0.15) is 0 Å². The van der Waals surface area contributed by atoms with Gasteiger partial charge in [0, 0.05) is 45.3 Å². The second kappa shape index (κ2) is 8.44. The number of hydrogen-bond donors (Lipinski definition) is 2. The molecule has 0 unspecified atom stereocenters. The maximum absolute atomic E-state index is 9.77. The van der Waals surface area contributed by atoms with Crippen molar-refractivity contribution in [3.05, 3.63) is 0 Å². The summed E-state index contributed by atoms with van der Waals surface area (Å²) >= 11 is 0. The Bertz CT molecular complexity index is 480. The smallest absolute Gasteiger partial charge is 0.193 e. The monoisotopic (exact) mass is 366 g/mol. The van der Waals surface area contributed by atoms with Gasteiger partial charge in [-0.15, -0.1) is 0 Å². The van der Waals surface area contributed by atoms with E-state index in [9.17, 15) is 5.11 Å². The number of aliphatic hydroxyl groups excluding tert-OH is 1. The summed E-state index contributed by atoms with van der Waals surface area (Å²) < 4.78 is 5.97. The Kier molecular flexibility index (Phi) is 6.46. The topological polar surface area (TPSA) is 60.3 Å². The van der Waals surface area contributed by atoms with E-state index in [1.807, 2.05) is 7.05 Å². The van der Waals surface area contributed by atoms with Crippen molar-refractivity contribution in [1.82, 2.24) is 15.1 Å². The molecule has 6 heteroatoms. The van der Waals surface area contributed by atoms with Gasteiger partial charge in [0.05, 0.1) is 18.3 Å². The van der Waals surface area contributed by atoms with Gasteiger partial charge in [-0.3, -0.25) is 9.89 Å². The molecule has 1 saturated carbocycles. The minimum atomic E-state index is -0.148. The zero-order chi connectivity index (χ0) is 18.6. The van der Waals surface area contributed by atoms with Crippen molar-refractivity contribution in [2.45, 2.75) is 76.0 Å². The molecule has 0 amide bonds. The highest BCUT2D eigenvalue weighted by atomic mass is 16.5. The Hall–Kier alpha value is -0.850. The number of nitrogens with zero attached hydrogens (tertiary/aromatic N) is 3. The number of likely N-dealkylation sites (tertiary alicyclic amines) is 1. The van der Waals surface area contributed by atoms with Gasteiger partial charge in [0.1, 0.15) is 0 Å². The lowest BCUT2D eigenvalue weighted by atomic mass is 9.79. The largest absolute Gasteiger partial charge is 0.393 e. The first-order valence-corrected chi connectivity index (χ1v) is 10.5. The highest BCUT2D eigenvalue weighted by Gasteiger charge is 2.42. The van der Waals surface area contributed by atoms with Crippen LogP contribution in [0.25, 0.3) is 0 Å². The zero-order valence-electron chi connectivity index (χ0n) is 17.0. The van der Waals surface area contributed by atoms with E-state index in [1.165, 1.54) is 32.1 Å². The summed E-state index contributed by atoms with van der Waals surface area (Å²) in [4.78, 5) is 9.52. The summed E-state index contributed by atoms with van der Waals surface area (Å²) in [6.07, 6.45) is 8.02. The molecule has 2 aliphatic heterocycles. The fourth-order valence-electron chi connectivity index (χ4n) is 4.89. The summed E-state index contributed by atoms with van der Waals surface area (Å²) in [5, 5.41) is 13.5.